The summed E-state index contributed by atoms with van der Waals surface area (Å²) in [6.45, 7) is 1.81. The van der Waals surface area contributed by atoms with Crippen LogP contribution >= 0.6 is 11.3 Å². The molecule has 2 amide bonds. The summed E-state index contributed by atoms with van der Waals surface area (Å²) in [5, 5.41) is 3.60. The molecule has 138 valence electrons. The van der Waals surface area contributed by atoms with Crippen molar-refractivity contribution >= 4 is 28.8 Å². The van der Waals surface area contributed by atoms with E-state index < -0.39 is 0 Å². The fourth-order valence-electron chi connectivity index (χ4n) is 2.43. The number of likely N-dealkylation sites (N-methyl/N-ethyl adjacent to an activating group) is 1. The van der Waals surface area contributed by atoms with Gasteiger partial charge < -0.3 is 10.2 Å². The molecule has 1 aromatic carbocycles. The zero-order valence-corrected chi connectivity index (χ0v) is 16.2. The lowest BCUT2D eigenvalue weighted by Gasteiger charge is -2.10. The van der Waals surface area contributed by atoms with Gasteiger partial charge in [-0.2, -0.15) is 0 Å². The maximum atomic E-state index is 12.6. The molecule has 3 aromatic rings. The average Bonchev–Trinajstić information content (AvgIpc) is 3.06. The highest BCUT2D eigenvalue weighted by molar-refractivity contribution is 7.17. The van der Waals surface area contributed by atoms with Gasteiger partial charge in [0.25, 0.3) is 5.91 Å². The fraction of sp³-hybridized carbons (Fsp3) is 0.200. The molecule has 1 N–H and O–H groups in total. The predicted molar refractivity (Wildman–Crippen MR) is 107 cm³/mol. The van der Waals surface area contributed by atoms with E-state index in [9.17, 15) is 9.59 Å². The summed E-state index contributed by atoms with van der Waals surface area (Å²) >= 11 is 1.32. The van der Waals surface area contributed by atoms with E-state index in [4.69, 9.17) is 0 Å². The number of anilines is 1. The maximum Gasteiger partial charge on any atom is 0.267 e. The van der Waals surface area contributed by atoms with Crippen molar-refractivity contribution in [3.8, 4) is 10.7 Å². The van der Waals surface area contributed by atoms with Crippen LogP contribution in [0.15, 0.2) is 48.7 Å². The molecule has 6 nitrogen and oxygen atoms in total. The van der Waals surface area contributed by atoms with Crippen molar-refractivity contribution in [1.82, 2.24) is 14.9 Å². The van der Waals surface area contributed by atoms with Gasteiger partial charge in [-0.25, -0.2) is 4.98 Å². The minimum Gasteiger partial charge on any atom is -0.349 e. The molecule has 0 unspecified atom stereocenters. The van der Waals surface area contributed by atoms with Gasteiger partial charge >= 0.3 is 0 Å². The second kappa shape index (κ2) is 8.09. The Hall–Kier alpha value is -3.06. The number of rotatable bonds is 5. The number of amides is 2. The molecule has 3 rings (SSSR count). The van der Waals surface area contributed by atoms with E-state index in [1.54, 1.807) is 37.3 Å². The Morgan fingerprint density at radius 2 is 1.85 bits per heavy atom. The van der Waals surface area contributed by atoms with E-state index in [2.05, 4.69) is 15.3 Å². The van der Waals surface area contributed by atoms with Crippen LogP contribution in [-0.2, 0) is 11.2 Å². The van der Waals surface area contributed by atoms with E-state index in [1.807, 2.05) is 37.3 Å². The Morgan fingerprint density at radius 3 is 2.48 bits per heavy atom. The number of nitrogens with zero attached hydrogens (tertiary/aromatic N) is 3. The number of nitrogens with one attached hydrogen (secondary N) is 1. The number of benzene rings is 1. The highest BCUT2D eigenvalue weighted by atomic mass is 32.1. The van der Waals surface area contributed by atoms with Crippen LogP contribution in [0.3, 0.4) is 0 Å². The second-order valence-electron chi connectivity index (χ2n) is 6.26. The smallest absolute Gasteiger partial charge is 0.267 e. The third kappa shape index (κ3) is 4.57. The standard InChI is InChI=1S/C20H20N4O2S/c1-13-18(27-20(22-13)16-6-4-5-11-21-16)19(26)23-15-9-7-14(8-10-15)12-17(25)24(2)3/h4-11H,12H2,1-3H3,(H,23,26). The Balaban J connectivity index is 1.70. The first-order valence-corrected chi connectivity index (χ1v) is 9.25. The Morgan fingerprint density at radius 1 is 1.11 bits per heavy atom. The van der Waals surface area contributed by atoms with Crippen LogP contribution in [0, 0.1) is 6.92 Å². The number of aromatic nitrogens is 2. The molecule has 27 heavy (non-hydrogen) atoms. The topological polar surface area (TPSA) is 75.2 Å². The molecule has 0 aliphatic heterocycles. The normalized spacial score (nSPS) is 10.5. The molecule has 2 aromatic heterocycles. The van der Waals surface area contributed by atoms with E-state index in [0.717, 1.165) is 16.3 Å². The molecular formula is C20H20N4O2S. The lowest BCUT2D eigenvalue weighted by atomic mass is 10.1. The second-order valence-corrected chi connectivity index (χ2v) is 7.26. The van der Waals surface area contributed by atoms with E-state index in [1.165, 1.54) is 11.3 Å². The first-order valence-electron chi connectivity index (χ1n) is 8.43. The lowest BCUT2D eigenvalue weighted by Crippen LogP contribution is -2.23. The minimum absolute atomic E-state index is 0.0362. The number of hydrogen-bond acceptors (Lipinski definition) is 5. The zero-order chi connectivity index (χ0) is 19.4. The average molecular weight is 380 g/mol. The van der Waals surface area contributed by atoms with Crippen LogP contribution < -0.4 is 5.32 Å². The van der Waals surface area contributed by atoms with Crippen LogP contribution in [0.5, 0.6) is 0 Å². The minimum atomic E-state index is -0.204. The van der Waals surface area contributed by atoms with Gasteiger partial charge in [0, 0.05) is 26.0 Å². The van der Waals surface area contributed by atoms with Crippen molar-refractivity contribution in [2.75, 3.05) is 19.4 Å². The van der Waals surface area contributed by atoms with Gasteiger partial charge in [-0.1, -0.05) is 18.2 Å². The van der Waals surface area contributed by atoms with Crippen LogP contribution in [0.25, 0.3) is 10.7 Å². The van der Waals surface area contributed by atoms with Crippen molar-refractivity contribution in [2.24, 2.45) is 0 Å². The van der Waals surface area contributed by atoms with Gasteiger partial charge in [-0.3, -0.25) is 14.6 Å². The van der Waals surface area contributed by atoms with Gasteiger partial charge in [0.1, 0.15) is 9.88 Å². The van der Waals surface area contributed by atoms with E-state index >= 15 is 0 Å². The van der Waals surface area contributed by atoms with Crippen LogP contribution in [0.2, 0.25) is 0 Å². The molecular weight excluding hydrogens is 360 g/mol. The number of carbonyl (C=O) groups is 2. The molecule has 0 saturated heterocycles. The summed E-state index contributed by atoms with van der Waals surface area (Å²) in [5.41, 5.74) is 3.00. The largest absolute Gasteiger partial charge is 0.349 e. The summed E-state index contributed by atoms with van der Waals surface area (Å²) in [7, 11) is 3.46. The number of hydrogen-bond donors (Lipinski definition) is 1. The van der Waals surface area contributed by atoms with Crippen molar-refractivity contribution in [1.29, 1.82) is 0 Å². The zero-order valence-electron chi connectivity index (χ0n) is 15.4. The van der Waals surface area contributed by atoms with Gasteiger partial charge in [-0.15, -0.1) is 11.3 Å². The SMILES string of the molecule is Cc1nc(-c2ccccn2)sc1C(=O)Nc1ccc(CC(=O)N(C)C)cc1. The molecule has 0 radical (unpaired) electrons. The monoisotopic (exact) mass is 380 g/mol. The van der Waals surface area contributed by atoms with Gasteiger partial charge in [-0.05, 0) is 36.8 Å². The van der Waals surface area contributed by atoms with Crippen LogP contribution in [0.1, 0.15) is 20.9 Å². The summed E-state index contributed by atoms with van der Waals surface area (Å²) < 4.78 is 0. The molecule has 0 fully saturated rings. The Bertz CT molecular complexity index is 950. The molecule has 0 atom stereocenters. The summed E-state index contributed by atoms with van der Waals surface area (Å²) in [6, 6.07) is 12.9. The molecule has 7 heteroatoms. The summed E-state index contributed by atoms with van der Waals surface area (Å²) in [4.78, 5) is 35.2. The van der Waals surface area contributed by atoms with Crippen LogP contribution in [-0.4, -0.2) is 40.8 Å². The quantitative estimate of drug-likeness (QED) is 0.736. The number of thiazole rings is 1. The summed E-state index contributed by atoms with van der Waals surface area (Å²) in [6.07, 6.45) is 2.04. The highest BCUT2D eigenvalue weighted by Gasteiger charge is 2.17. The van der Waals surface area contributed by atoms with Crippen molar-refractivity contribution in [3.05, 3.63) is 64.8 Å². The Labute approximate surface area is 161 Å². The highest BCUT2D eigenvalue weighted by Crippen LogP contribution is 2.27. The van der Waals surface area contributed by atoms with E-state index in [0.29, 0.717) is 22.7 Å². The van der Waals surface area contributed by atoms with Gasteiger partial charge in [0.2, 0.25) is 5.91 Å². The third-order valence-electron chi connectivity index (χ3n) is 3.95. The number of carbonyl (C=O) groups excluding carboxylic acids is 2. The lowest BCUT2D eigenvalue weighted by molar-refractivity contribution is -0.127. The fourth-order valence-corrected chi connectivity index (χ4v) is 3.37. The van der Waals surface area contributed by atoms with E-state index in [-0.39, 0.29) is 11.8 Å². The van der Waals surface area contributed by atoms with Crippen molar-refractivity contribution in [3.63, 3.8) is 0 Å². The number of aryl methyl sites for hydroxylation is 1. The molecule has 0 spiro atoms. The van der Waals surface area contributed by atoms with Gasteiger partial charge in [0.05, 0.1) is 17.8 Å². The molecule has 0 saturated carbocycles. The van der Waals surface area contributed by atoms with Gasteiger partial charge in [0.15, 0.2) is 0 Å². The first kappa shape index (κ1) is 18.7. The predicted octanol–water partition coefficient (Wildman–Crippen LogP) is 3.40. The van der Waals surface area contributed by atoms with Crippen LogP contribution in [0.4, 0.5) is 5.69 Å². The first-order chi connectivity index (χ1) is 12.9. The third-order valence-corrected chi connectivity index (χ3v) is 5.13. The molecule has 0 bridgehead atoms. The van der Waals surface area contributed by atoms with Crippen molar-refractivity contribution in [2.45, 2.75) is 13.3 Å². The summed E-state index contributed by atoms with van der Waals surface area (Å²) in [5.74, 6) is -0.168. The maximum absolute atomic E-state index is 12.6. The molecule has 0 aliphatic carbocycles. The molecule has 2 heterocycles. The molecule has 0 aliphatic rings. The Kier molecular flexibility index (Phi) is 5.61. The number of pyridine rings is 1. The van der Waals surface area contributed by atoms with Crippen molar-refractivity contribution < 1.29 is 9.59 Å².